The number of benzene rings is 1. The SMILES string of the molecule is CCNC(=NCc1ccccc1-n1cccn1)NC(C)CCS(C)(=O)=O.I. The monoisotopic (exact) mass is 505 g/mol. The fourth-order valence-electron chi connectivity index (χ4n) is 2.46. The van der Waals surface area contributed by atoms with E-state index in [4.69, 9.17) is 0 Å². The summed E-state index contributed by atoms with van der Waals surface area (Å²) in [5.41, 5.74) is 2.04. The van der Waals surface area contributed by atoms with Crippen molar-refractivity contribution < 1.29 is 8.42 Å². The number of nitrogens with zero attached hydrogens (tertiary/aromatic N) is 3. The van der Waals surface area contributed by atoms with Crippen molar-refractivity contribution in [2.45, 2.75) is 32.9 Å². The Bertz CT molecular complexity index is 822. The summed E-state index contributed by atoms with van der Waals surface area (Å²) >= 11 is 0. The van der Waals surface area contributed by atoms with E-state index in [2.05, 4.69) is 20.7 Å². The highest BCUT2D eigenvalue weighted by Gasteiger charge is 2.10. The zero-order valence-corrected chi connectivity index (χ0v) is 19.1. The van der Waals surface area contributed by atoms with Crippen LogP contribution in [-0.2, 0) is 16.4 Å². The first-order valence-corrected chi connectivity index (χ1v) is 10.8. The molecule has 0 spiro atoms. The van der Waals surface area contributed by atoms with Gasteiger partial charge in [-0.3, -0.25) is 0 Å². The van der Waals surface area contributed by atoms with Crippen LogP contribution in [0.1, 0.15) is 25.8 Å². The Kier molecular flexibility index (Phi) is 9.78. The fraction of sp³-hybridized carbons (Fsp3) is 0.444. The number of guanidine groups is 1. The molecule has 1 unspecified atom stereocenters. The number of aliphatic imine (C=N–C) groups is 1. The third kappa shape index (κ3) is 8.29. The molecular weight excluding hydrogens is 477 g/mol. The van der Waals surface area contributed by atoms with Gasteiger partial charge in [-0.25, -0.2) is 18.1 Å². The summed E-state index contributed by atoms with van der Waals surface area (Å²) in [4.78, 5) is 4.64. The highest BCUT2D eigenvalue weighted by molar-refractivity contribution is 14.0. The molecule has 0 radical (unpaired) electrons. The molecule has 1 heterocycles. The zero-order valence-electron chi connectivity index (χ0n) is 15.9. The topological polar surface area (TPSA) is 88.4 Å². The number of halogens is 1. The van der Waals surface area contributed by atoms with Crippen LogP contribution in [0, 0.1) is 0 Å². The van der Waals surface area contributed by atoms with Crippen LogP contribution in [0.25, 0.3) is 5.69 Å². The molecule has 0 bridgehead atoms. The number of nitrogens with one attached hydrogen (secondary N) is 2. The Hall–Kier alpha value is -1.62. The van der Waals surface area contributed by atoms with Gasteiger partial charge in [-0.1, -0.05) is 18.2 Å². The number of hydrogen-bond donors (Lipinski definition) is 2. The lowest BCUT2D eigenvalue weighted by molar-refractivity contribution is 0.581. The highest BCUT2D eigenvalue weighted by atomic mass is 127. The summed E-state index contributed by atoms with van der Waals surface area (Å²) < 4.78 is 24.5. The molecule has 0 aliphatic heterocycles. The van der Waals surface area contributed by atoms with Crippen molar-refractivity contribution in [1.82, 2.24) is 20.4 Å². The van der Waals surface area contributed by atoms with Crippen LogP contribution < -0.4 is 10.6 Å². The van der Waals surface area contributed by atoms with Gasteiger partial charge in [0.15, 0.2) is 5.96 Å². The number of aromatic nitrogens is 2. The molecule has 0 aliphatic rings. The predicted octanol–water partition coefficient (Wildman–Crippen LogP) is 2.37. The highest BCUT2D eigenvalue weighted by Crippen LogP contribution is 2.14. The lowest BCUT2D eigenvalue weighted by Gasteiger charge is -2.17. The molecule has 0 saturated carbocycles. The van der Waals surface area contributed by atoms with Crippen molar-refractivity contribution in [3.05, 3.63) is 48.3 Å². The van der Waals surface area contributed by atoms with Crippen molar-refractivity contribution >= 4 is 39.8 Å². The minimum Gasteiger partial charge on any atom is -0.357 e. The van der Waals surface area contributed by atoms with Crippen molar-refractivity contribution in [1.29, 1.82) is 0 Å². The molecule has 0 saturated heterocycles. The van der Waals surface area contributed by atoms with Crippen LogP contribution in [0.15, 0.2) is 47.7 Å². The molecule has 2 N–H and O–H groups in total. The molecule has 0 fully saturated rings. The summed E-state index contributed by atoms with van der Waals surface area (Å²) in [6, 6.07) is 9.87. The van der Waals surface area contributed by atoms with E-state index in [1.54, 1.807) is 6.20 Å². The quantitative estimate of drug-likeness (QED) is 0.327. The maximum Gasteiger partial charge on any atom is 0.191 e. The van der Waals surface area contributed by atoms with Crippen LogP contribution >= 0.6 is 24.0 Å². The van der Waals surface area contributed by atoms with Gasteiger partial charge in [0.25, 0.3) is 0 Å². The van der Waals surface area contributed by atoms with E-state index in [1.165, 1.54) is 6.26 Å². The molecule has 1 aromatic heterocycles. The van der Waals surface area contributed by atoms with Crippen LogP contribution in [0.5, 0.6) is 0 Å². The van der Waals surface area contributed by atoms with Gasteiger partial charge >= 0.3 is 0 Å². The Labute approximate surface area is 178 Å². The minimum atomic E-state index is -2.96. The molecule has 0 amide bonds. The Balaban J connectivity index is 0.00000364. The Morgan fingerprint density at radius 1 is 1.30 bits per heavy atom. The smallest absolute Gasteiger partial charge is 0.191 e. The average molecular weight is 505 g/mol. The first-order chi connectivity index (χ1) is 12.4. The van der Waals surface area contributed by atoms with Crippen molar-refractivity contribution in [2.24, 2.45) is 4.99 Å². The van der Waals surface area contributed by atoms with Gasteiger partial charge in [-0.05, 0) is 38.0 Å². The molecular formula is C18H28IN5O2S. The van der Waals surface area contributed by atoms with E-state index in [-0.39, 0.29) is 35.8 Å². The summed E-state index contributed by atoms with van der Waals surface area (Å²) in [5, 5.41) is 10.8. The van der Waals surface area contributed by atoms with Gasteiger partial charge in [-0.2, -0.15) is 5.10 Å². The summed E-state index contributed by atoms with van der Waals surface area (Å²) in [6.07, 6.45) is 5.44. The van der Waals surface area contributed by atoms with E-state index in [0.717, 1.165) is 17.8 Å². The van der Waals surface area contributed by atoms with Crippen LogP contribution in [0.4, 0.5) is 0 Å². The maximum absolute atomic E-state index is 11.3. The summed E-state index contributed by atoms with van der Waals surface area (Å²) in [7, 11) is -2.96. The number of hydrogen-bond acceptors (Lipinski definition) is 4. The predicted molar refractivity (Wildman–Crippen MR) is 121 cm³/mol. The summed E-state index contributed by atoms with van der Waals surface area (Å²) in [6.45, 7) is 5.17. The molecule has 7 nitrogen and oxygen atoms in total. The van der Waals surface area contributed by atoms with Gasteiger partial charge in [0.05, 0.1) is 18.0 Å². The van der Waals surface area contributed by atoms with Crippen LogP contribution in [0.2, 0.25) is 0 Å². The Morgan fingerprint density at radius 2 is 2.04 bits per heavy atom. The van der Waals surface area contributed by atoms with Gasteiger partial charge in [-0.15, -0.1) is 24.0 Å². The zero-order chi connectivity index (χ0) is 19.0. The Morgan fingerprint density at radius 3 is 2.67 bits per heavy atom. The summed E-state index contributed by atoms with van der Waals surface area (Å²) in [5.74, 6) is 0.826. The molecule has 0 aliphatic carbocycles. The van der Waals surface area contributed by atoms with E-state index in [0.29, 0.717) is 18.9 Å². The fourth-order valence-corrected chi connectivity index (χ4v) is 3.24. The first-order valence-electron chi connectivity index (χ1n) is 8.69. The molecule has 2 rings (SSSR count). The molecule has 2 aromatic rings. The third-order valence-electron chi connectivity index (χ3n) is 3.80. The van der Waals surface area contributed by atoms with Crippen molar-refractivity contribution in [3.8, 4) is 5.69 Å². The molecule has 150 valence electrons. The lowest BCUT2D eigenvalue weighted by atomic mass is 10.2. The minimum absolute atomic E-state index is 0. The molecule has 1 aromatic carbocycles. The molecule has 9 heteroatoms. The molecule has 27 heavy (non-hydrogen) atoms. The third-order valence-corrected chi connectivity index (χ3v) is 4.78. The second-order valence-electron chi connectivity index (χ2n) is 6.24. The van der Waals surface area contributed by atoms with Crippen LogP contribution in [0.3, 0.4) is 0 Å². The van der Waals surface area contributed by atoms with Crippen molar-refractivity contribution in [2.75, 3.05) is 18.6 Å². The van der Waals surface area contributed by atoms with E-state index in [9.17, 15) is 8.42 Å². The van der Waals surface area contributed by atoms with E-state index >= 15 is 0 Å². The number of rotatable bonds is 8. The largest absolute Gasteiger partial charge is 0.357 e. The van der Waals surface area contributed by atoms with Gasteiger partial charge in [0.1, 0.15) is 9.84 Å². The van der Waals surface area contributed by atoms with Gasteiger partial charge in [0.2, 0.25) is 0 Å². The second-order valence-corrected chi connectivity index (χ2v) is 8.50. The average Bonchev–Trinajstić information content (AvgIpc) is 3.12. The van der Waals surface area contributed by atoms with Crippen LogP contribution in [-0.4, -0.2) is 48.8 Å². The molecule has 1 atom stereocenters. The standard InChI is InChI=1S/C18H27N5O2S.HI/c1-4-19-18(22-15(2)10-13-26(3,24)25)20-14-16-8-5-6-9-17(16)23-12-7-11-21-23;/h5-9,11-12,15H,4,10,13-14H2,1-3H3,(H2,19,20,22);1H. The lowest BCUT2D eigenvalue weighted by Crippen LogP contribution is -2.42. The van der Waals surface area contributed by atoms with Gasteiger partial charge in [0, 0.05) is 31.2 Å². The number of para-hydroxylation sites is 1. The van der Waals surface area contributed by atoms with Crippen molar-refractivity contribution in [3.63, 3.8) is 0 Å². The second kappa shape index (κ2) is 11.3. The number of sulfone groups is 1. The first kappa shape index (κ1) is 23.4. The normalized spacial score (nSPS) is 12.9. The van der Waals surface area contributed by atoms with E-state index in [1.807, 2.05) is 55.1 Å². The van der Waals surface area contributed by atoms with Gasteiger partial charge < -0.3 is 10.6 Å². The maximum atomic E-state index is 11.3. The van der Waals surface area contributed by atoms with E-state index < -0.39 is 9.84 Å².